The van der Waals surface area contributed by atoms with E-state index in [2.05, 4.69) is 0 Å². The monoisotopic (exact) mass is 270 g/mol. The molecule has 0 aliphatic heterocycles. The summed E-state index contributed by atoms with van der Waals surface area (Å²) in [6.45, 7) is 4.88. The molecule has 0 atom stereocenters. The Hall–Kier alpha value is -2.18. The number of aliphatic carboxylic acids is 1. The molecular formula is C12H15FN2O4. The molecule has 104 valence electrons. The number of nitrogens with zero attached hydrogens (tertiary/aromatic N) is 2. The van der Waals surface area contributed by atoms with Gasteiger partial charge in [0.2, 0.25) is 0 Å². The molecular weight excluding hydrogens is 255 g/mol. The van der Waals surface area contributed by atoms with Crippen LogP contribution in [0.5, 0.6) is 0 Å². The second-order valence-electron chi connectivity index (χ2n) is 4.53. The molecule has 0 spiro atoms. The van der Waals surface area contributed by atoms with Crippen LogP contribution in [0.25, 0.3) is 0 Å². The maximum absolute atomic E-state index is 13.4. The van der Waals surface area contributed by atoms with E-state index in [-0.39, 0.29) is 12.2 Å². The first kappa shape index (κ1) is 14.9. The maximum atomic E-state index is 13.4. The molecule has 0 saturated carbocycles. The molecule has 0 amide bonds. The number of hydrogen-bond acceptors (Lipinski definition) is 4. The van der Waals surface area contributed by atoms with Crippen molar-refractivity contribution in [3.8, 4) is 0 Å². The zero-order valence-corrected chi connectivity index (χ0v) is 10.9. The van der Waals surface area contributed by atoms with Gasteiger partial charge in [-0.05, 0) is 26.8 Å². The Kier molecular flexibility index (Phi) is 4.08. The highest BCUT2D eigenvalue weighted by Crippen LogP contribution is 2.28. The van der Waals surface area contributed by atoms with E-state index >= 15 is 0 Å². The minimum atomic E-state index is -1.30. The van der Waals surface area contributed by atoms with E-state index in [9.17, 15) is 24.4 Å². The van der Waals surface area contributed by atoms with Crippen LogP contribution in [0.15, 0.2) is 18.2 Å². The molecule has 0 fully saturated rings. The van der Waals surface area contributed by atoms with E-state index in [0.717, 1.165) is 18.2 Å². The standard InChI is InChI=1S/C12H15FN2O4/c1-4-14(12(2,3)11(16)17)9-5-8(13)6-10(7-9)15(18)19/h5-7H,4H2,1-3H3,(H,16,17). The molecule has 1 rings (SSSR count). The fourth-order valence-electron chi connectivity index (χ4n) is 1.84. The van der Waals surface area contributed by atoms with Crippen LogP contribution >= 0.6 is 0 Å². The Balaban J connectivity index is 3.34. The summed E-state index contributed by atoms with van der Waals surface area (Å²) in [5.41, 5.74) is -1.53. The summed E-state index contributed by atoms with van der Waals surface area (Å²) in [5.74, 6) is -1.87. The maximum Gasteiger partial charge on any atom is 0.328 e. The fourth-order valence-corrected chi connectivity index (χ4v) is 1.84. The Labute approximate surface area is 109 Å². The van der Waals surface area contributed by atoms with E-state index < -0.39 is 27.9 Å². The number of carboxylic acid groups (broad SMARTS) is 1. The number of halogens is 1. The van der Waals surface area contributed by atoms with Crippen LogP contribution in [0.4, 0.5) is 15.8 Å². The second-order valence-corrected chi connectivity index (χ2v) is 4.53. The molecule has 1 N–H and O–H groups in total. The smallest absolute Gasteiger partial charge is 0.328 e. The molecule has 0 bridgehead atoms. The number of hydrogen-bond donors (Lipinski definition) is 1. The SMILES string of the molecule is CCN(c1cc(F)cc([N+](=O)[O-])c1)C(C)(C)C(=O)O. The van der Waals surface area contributed by atoms with Gasteiger partial charge in [-0.2, -0.15) is 0 Å². The van der Waals surface area contributed by atoms with Crippen molar-refractivity contribution in [1.29, 1.82) is 0 Å². The molecule has 0 unspecified atom stereocenters. The molecule has 19 heavy (non-hydrogen) atoms. The van der Waals surface area contributed by atoms with Crippen LogP contribution in [-0.4, -0.2) is 28.1 Å². The molecule has 0 radical (unpaired) electrons. The molecule has 1 aromatic rings. The van der Waals surface area contributed by atoms with Gasteiger partial charge in [-0.15, -0.1) is 0 Å². The molecule has 0 aromatic heterocycles. The van der Waals surface area contributed by atoms with Crippen molar-refractivity contribution in [1.82, 2.24) is 0 Å². The van der Waals surface area contributed by atoms with Crippen LogP contribution in [0.1, 0.15) is 20.8 Å². The highest BCUT2D eigenvalue weighted by Gasteiger charge is 2.34. The van der Waals surface area contributed by atoms with E-state index in [1.54, 1.807) is 6.92 Å². The summed E-state index contributed by atoms with van der Waals surface area (Å²) in [6.07, 6.45) is 0. The lowest BCUT2D eigenvalue weighted by atomic mass is 10.0. The number of anilines is 1. The predicted molar refractivity (Wildman–Crippen MR) is 67.8 cm³/mol. The average molecular weight is 270 g/mol. The Morgan fingerprint density at radius 1 is 1.47 bits per heavy atom. The lowest BCUT2D eigenvalue weighted by Crippen LogP contribution is -2.50. The van der Waals surface area contributed by atoms with Crippen LogP contribution in [-0.2, 0) is 4.79 Å². The van der Waals surface area contributed by atoms with Crippen molar-refractivity contribution in [3.63, 3.8) is 0 Å². The Morgan fingerprint density at radius 2 is 2.05 bits per heavy atom. The number of non-ortho nitro benzene ring substituents is 1. The van der Waals surface area contributed by atoms with Crippen LogP contribution < -0.4 is 4.90 Å². The zero-order valence-electron chi connectivity index (χ0n) is 10.9. The van der Waals surface area contributed by atoms with Gasteiger partial charge in [0.15, 0.2) is 0 Å². The first-order chi connectivity index (χ1) is 8.70. The van der Waals surface area contributed by atoms with Gasteiger partial charge < -0.3 is 10.0 Å². The van der Waals surface area contributed by atoms with Gasteiger partial charge in [0.05, 0.1) is 11.0 Å². The molecule has 7 heteroatoms. The lowest BCUT2D eigenvalue weighted by molar-refractivity contribution is -0.385. The summed E-state index contributed by atoms with van der Waals surface area (Å²) in [6, 6.07) is 3.05. The number of nitro groups is 1. The summed E-state index contributed by atoms with van der Waals surface area (Å²) in [5, 5.41) is 19.9. The Morgan fingerprint density at radius 3 is 2.47 bits per heavy atom. The quantitative estimate of drug-likeness (QED) is 0.656. The van der Waals surface area contributed by atoms with Crippen LogP contribution in [0.3, 0.4) is 0 Å². The summed E-state index contributed by atoms with van der Waals surface area (Å²) in [4.78, 5) is 22.6. The molecule has 0 aliphatic rings. The predicted octanol–water partition coefficient (Wildman–Crippen LogP) is 2.42. The van der Waals surface area contributed by atoms with E-state index in [1.165, 1.54) is 18.7 Å². The van der Waals surface area contributed by atoms with Crippen molar-refractivity contribution in [2.45, 2.75) is 26.3 Å². The molecule has 0 heterocycles. The van der Waals surface area contributed by atoms with Crippen molar-refractivity contribution < 1.29 is 19.2 Å². The van der Waals surface area contributed by atoms with E-state index in [0.29, 0.717) is 0 Å². The molecule has 0 aliphatic carbocycles. The van der Waals surface area contributed by atoms with E-state index in [1.807, 2.05) is 0 Å². The van der Waals surface area contributed by atoms with Crippen LogP contribution in [0, 0.1) is 15.9 Å². The highest BCUT2D eigenvalue weighted by atomic mass is 19.1. The normalized spacial score (nSPS) is 11.2. The largest absolute Gasteiger partial charge is 0.480 e. The van der Waals surface area contributed by atoms with Gasteiger partial charge in [0, 0.05) is 18.3 Å². The third kappa shape index (κ3) is 2.98. The summed E-state index contributed by atoms with van der Waals surface area (Å²) in [7, 11) is 0. The molecule has 1 aromatic carbocycles. The number of likely N-dealkylation sites (N-methyl/N-ethyl adjacent to an activating group) is 1. The third-order valence-corrected chi connectivity index (χ3v) is 2.90. The fraction of sp³-hybridized carbons (Fsp3) is 0.417. The minimum Gasteiger partial charge on any atom is -0.480 e. The minimum absolute atomic E-state index is 0.168. The zero-order chi connectivity index (χ0) is 14.8. The summed E-state index contributed by atoms with van der Waals surface area (Å²) >= 11 is 0. The number of rotatable bonds is 5. The van der Waals surface area contributed by atoms with Crippen LogP contribution in [0.2, 0.25) is 0 Å². The number of benzene rings is 1. The lowest BCUT2D eigenvalue weighted by Gasteiger charge is -2.36. The number of nitro benzene ring substituents is 1. The first-order valence-electron chi connectivity index (χ1n) is 5.66. The third-order valence-electron chi connectivity index (χ3n) is 2.90. The number of carboxylic acids is 1. The van der Waals surface area contributed by atoms with Crippen molar-refractivity contribution in [2.75, 3.05) is 11.4 Å². The molecule has 6 nitrogen and oxygen atoms in total. The van der Waals surface area contributed by atoms with Crippen molar-refractivity contribution in [2.24, 2.45) is 0 Å². The number of carbonyl (C=O) groups is 1. The second kappa shape index (κ2) is 5.21. The Bertz CT molecular complexity index is 516. The van der Waals surface area contributed by atoms with Gasteiger partial charge in [-0.3, -0.25) is 10.1 Å². The van der Waals surface area contributed by atoms with Crippen molar-refractivity contribution >= 4 is 17.3 Å². The highest BCUT2D eigenvalue weighted by molar-refractivity contribution is 5.82. The van der Waals surface area contributed by atoms with Gasteiger partial charge >= 0.3 is 5.97 Å². The van der Waals surface area contributed by atoms with Gasteiger partial charge in [-0.25, -0.2) is 9.18 Å². The summed E-state index contributed by atoms with van der Waals surface area (Å²) < 4.78 is 13.4. The first-order valence-corrected chi connectivity index (χ1v) is 5.66. The van der Waals surface area contributed by atoms with Gasteiger partial charge in [0.1, 0.15) is 11.4 Å². The van der Waals surface area contributed by atoms with E-state index in [4.69, 9.17) is 0 Å². The molecule has 0 saturated heterocycles. The van der Waals surface area contributed by atoms with Crippen molar-refractivity contribution in [3.05, 3.63) is 34.1 Å². The average Bonchev–Trinajstić information content (AvgIpc) is 2.28. The topological polar surface area (TPSA) is 83.7 Å². The van der Waals surface area contributed by atoms with Gasteiger partial charge in [0.25, 0.3) is 5.69 Å². The van der Waals surface area contributed by atoms with Gasteiger partial charge in [-0.1, -0.05) is 0 Å².